The van der Waals surface area contributed by atoms with E-state index in [9.17, 15) is 13.2 Å². The number of likely N-dealkylation sites (tertiary alicyclic amines) is 1. The van der Waals surface area contributed by atoms with Crippen molar-refractivity contribution in [2.45, 2.75) is 25.9 Å². The minimum atomic E-state index is -3.09. The van der Waals surface area contributed by atoms with Gasteiger partial charge >= 0.3 is 6.61 Å². The summed E-state index contributed by atoms with van der Waals surface area (Å²) in [4.78, 5) is 2.26. The molecule has 2 N–H and O–H groups in total. The molecule has 7 heteroatoms. The van der Waals surface area contributed by atoms with Gasteiger partial charge in [0.05, 0.1) is 5.69 Å². The van der Waals surface area contributed by atoms with Crippen molar-refractivity contribution in [3.63, 3.8) is 0 Å². The number of hydrogen-bond acceptors (Lipinski definition) is 4. The van der Waals surface area contributed by atoms with Gasteiger partial charge in [-0.05, 0) is 25.9 Å². The molecule has 0 amide bonds. The number of benzene rings is 1. The van der Waals surface area contributed by atoms with Crippen molar-refractivity contribution in [1.82, 2.24) is 4.90 Å². The van der Waals surface area contributed by atoms with Gasteiger partial charge in [-0.2, -0.15) is 8.78 Å². The number of nitrogens with zero attached hydrogens (tertiary/aromatic N) is 1. The SMILES string of the molecule is Nc1cc(F)c(OC(F)F)cc1OCCN1CCCCC1. The Balaban J connectivity index is 1.92. The smallest absolute Gasteiger partial charge is 0.387 e. The number of nitrogen functional groups attached to an aromatic ring is 1. The Morgan fingerprint density at radius 3 is 2.52 bits per heavy atom. The number of piperidine rings is 1. The minimum Gasteiger partial charge on any atom is -0.490 e. The van der Waals surface area contributed by atoms with Gasteiger partial charge in [-0.3, -0.25) is 4.90 Å². The summed E-state index contributed by atoms with van der Waals surface area (Å²) in [5, 5.41) is 0. The van der Waals surface area contributed by atoms with Crippen LogP contribution in [-0.2, 0) is 0 Å². The molecule has 1 fully saturated rings. The van der Waals surface area contributed by atoms with E-state index in [2.05, 4.69) is 9.64 Å². The minimum absolute atomic E-state index is 0.0627. The van der Waals surface area contributed by atoms with Crippen molar-refractivity contribution >= 4 is 5.69 Å². The van der Waals surface area contributed by atoms with E-state index in [-0.39, 0.29) is 11.4 Å². The molecule has 1 aliphatic heterocycles. The number of halogens is 3. The molecule has 0 aliphatic carbocycles. The highest BCUT2D eigenvalue weighted by Crippen LogP contribution is 2.31. The number of ether oxygens (including phenoxy) is 2. The van der Waals surface area contributed by atoms with Gasteiger partial charge in [-0.25, -0.2) is 4.39 Å². The van der Waals surface area contributed by atoms with E-state index in [4.69, 9.17) is 10.5 Å². The maximum Gasteiger partial charge on any atom is 0.387 e. The van der Waals surface area contributed by atoms with Crippen LogP contribution < -0.4 is 15.2 Å². The van der Waals surface area contributed by atoms with Crippen molar-refractivity contribution < 1.29 is 22.6 Å². The standard InChI is InChI=1S/C14H19F3N2O2/c15-10-8-11(18)13(9-12(10)21-14(16)17)20-7-6-19-4-2-1-3-5-19/h8-9,14H,1-7,18H2. The molecule has 21 heavy (non-hydrogen) atoms. The number of nitrogens with two attached hydrogens (primary N) is 1. The molecule has 1 heterocycles. The second kappa shape index (κ2) is 7.40. The summed E-state index contributed by atoms with van der Waals surface area (Å²) in [6.45, 7) is 0.0554. The van der Waals surface area contributed by atoms with Crippen molar-refractivity contribution in [2.75, 3.05) is 32.0 Å². The van der Waals surface area contributed by atoms with Crippen LogP contribution in [0.3, 0.4) is 0 Å². The average molecular weight is 304 g/mol. The number of alkyl halides is 2. The van der Waals surface area contributed by atoms with E-state index in [1.165, 1.54) is 19.3 Å². The van der Waals surface area contributed by atoms with Crippen LogP contribution in [0.5, 0.6) is 11.5 Å². The predicted molar refractivity (Wildman–Crippen MR) is 73.2 cm³/mol. The maximum atomic E-state index is 13.4. The van der Waals surface area contributed by atoms with Crippen LogP contribution in [0.15, 0.2) is 12.1 Å². The summed E-state index contributed by atoms with van der Waals surface area (Å²) in [5.41, 5.74) is 5.68. The third-order valence-electron chi connectivity index (χ3n) is 3.39. The average Bonchev–Trinajstić information content (AvgIpc) is 2.44. The summed E-state index contributed by atoms with van der Waals surface area (Å²) in [7, 11) is 0. The highest BCUT2D eigenvalue weighted by molar-refractivity contribution is 5.56. The Labute approximate surface area is 121 Å². The van der Waals surface area contributed by atoms with E-state index in [0.29, 0.717) is 6.61 Å². The summed E-state index contributed by atoms with van der Waals surface area (Å²) in [6.07, 6.45) is 3.59. The van der Waals surface area contributed by atoms with Crippen molar-refractivity contribution in [3.05, 3.63) is 17.9 Å². The fraction of sp³-hybridized carbons (Fsp3) is 0.571. The largest absolute Gasteiger partial charge is 0.490 e. The highest BCUT2D eigenvalue weighted by atomic mass is 19.3. The summed E-state index contributed by atoms with van der Waals surface area (Å²) >= 11 is 0. The van der Waals surface area contributed by atoms with Crippen molar-refractivity contribution in [3.8, 4) is 11.5 Å². The first-order chi connectivity index (χ1) is 10.1. The van der Waals surface area contributed by atoms with E-state index in [1.807, 2.05) is 0 Å². The first kappa shape index (κ1) is 15.8. The Bertz CT molecular complexity index is 466. The molecule has 1 aromatic carbocycles. The van der Waals surface area contributed by atoms with E-state index >= 15 is 0 Å². The molecule has 0 aromatic heterocycles. The second-order valence-electron chi connectivity index (χ2n) is 4.95. The van der Waals surface area contributed by atoms with Gasteiger partial charge in [0.2, 0.25) is 0 Å². The van der Waals surface area contributed by atoms with E-state index < -0.39 is 18.2 Å². The lowest BCUT2D eigenvalue weighted by molar-refractivity contribution is -0.0522. The van der Waals surface area contributed by atoms with Gasteiger partial charge in [-0.15, -0.1) is 0 Å². The molecule has 1 aromatic rings. The lowest BCUT2D eigenvalue weighted by Gasteiger charge is -2.26. The van der Waals surface area contributed by atoms with Crippen LogP contribution in [0.25, 0.3) is 0 Å². The fourth-order valence-electron chi connectivity index (χ4n) is 2.33. The second-order valence-corrected chi connectivity index (χ2v) is 4.95. The quantitative estimate of drug-likeness (QED) is 0.821. The Kier molecular flexibility index (Phi) is 5.55. The maximum absolute atomic E-state index is 13.4. The van der Waals surface area contributed by atoms with Gasteiger partial charge in [0, 0.05) is 18.7 Å². The topological polar surface area (TPSA) is 47.7 Å². The molecular formula is C14H19F3N2O2. The summed E-state index contributed by atoms with van der Waals surface area (Å²) in [6, 6.07) is 1.99. The zero-order valence-electron chi connectivity index (χ0n) is 11.7. The summed E-state index contributed by atoms with van der Waals surface area (Å²) < 4.78 is 47.3. The predicted octanol–water partition coefficient (Wildman–Crippen LogP) is 2.87. The number of hydrogen-bond donors (Lipinski definition) is 1. The highest BCUT2D eigenvalue weighted by Gasteiger charge is 2.15. The third-order valence-corrected chi connectivity index (χ3v) is 3.39. The van der Waals surface area contributed by atoms with Gasteiger partial charge in [0.15, 0.2) is 11.6 Å². The zero-order chi connectivity index (χ0) is 15.2. The van der Waals surface area contributed by atoms with Crippen LogP contribution in [0.4, 0.5) is 18.9 Å². The zero-order valence-corrected chi connectivity index (χ0v) is 11.7. The van der Waals surface area contributed by atoms with E-state index in [0.717, 1.165) is 31.8 Å². The molecule has 0 bridgehead atoms. The van der Waals surface area contributed by atoms with Crippen molar-refractivity contribution in [1.29, 1.82) is 0 Å². The van der Waals surface area contributed by atoms with Gasteiger partial charge in [-0.1, -0.05) is 6.42 Å². The first-order valence-corrected chi connectivity index (χ1v) is 6.95. The molecule has 0 radical (unpaired) electrons. The lowest BCUT2D eigenvalue weighted by atomic mass is 10.1. The molecule has 0 unspecified atom stereocenters. The van der Waals surface area contributed by atoms with Gasteiger partial charge in [0.25, 0.3) is 0 Å². The molecule has 0 spiro atoms. The van der Waals surface area contributed by atoms with Gasteiger partial charge < -0.3 is 15.2 Å². The molecule has 1 aliphatic rings. The fourth-order valence-corrected chi connectivity index (χ4v) is 2.33. The van der Waals surface area contributed by atoms with Crippen LogP contribution >= 0.6 is 0 Å². The molecule has 1 saturated heterocycles. The Morgan fingerprint density at radius 1 is 1.14 bits per heavy atom. The Hall–Kier alpha value is -1.63. The molecular weight excluding hydrogens is 285 g/mol. The first-order valence-electron chi connectivity index (χ1n) is 6.95. The molecule has 0 atom stereocenters. The van der Waals surface area contributed by atoms with E-state index in [1.54, 1.807) is 0 Å². The van der Waals surface area contributed by atoms with Crippen molar-refractivity contribution in [2.24, 2.45) is 0 Å². The van der Waals surface area contributed by atoms with Crippen LogP contribution in [-0.4, -0.2) is 37.8 Å². The molecule has 4 nitrogen and oxygen atoms in total. The monoisotopic (exact) mass is 304 g/mol. The summed E-state index contributed by atoms with van der Waals surface area (Å²) in [5.74, 6) is -1.34. The number of anilines is 1. The van der Waals surface area contributed by atoms with Gasteiger partial charge in [0.1, 0.15) is 12.4 Å². The Morgan fingerprint density at radius 2 is 1.86 bits per heavy atom. The number of rotatable bonds is 6. The molecule has 0 saturated carbocycles. The normalized spacial score (nSPS) is 16.2. The van der Waals surface area contributed by atoms with Crippen LogP contribution in [0, 0.1) is 5.82 Å². The third kappa shape index (κ3) is 4.70. The molecule has 118 valence electrons. The lowest BCUT2D eigenvalue weighted by Crippen LogP contribution is -2.33. The van der Waals surface area contributed by atoms with Crippen LogP contribution in [0.2, 0.25) is 0 Å². The molecule has 2 rings (SSSR count). The van der Waals surface area contributed by atoms with Crippen LogP contribution in [0.1, 0.15) is 19.3 Å².